The highest BCUT2D eigenvalue weighted by Gasteiger charge is 2.34. The van der Waals surface area contributed by atoms with Crippen molar-refractivity contribution in [3.05, 3.63) is 47.0 Å². The van der Waals surface area contributed by atoms with Crippen molar-refractivity contribution in [2.24, 2.45) is 0 Å². The van der Waals surface area contributed by atoms with E-state index in [2.05, 4.69) is 10.3 Å². The van der Waals surface area contributed by atoms with Crippen molar-refractivity contribution < 1.29 is 22.4 Å². The molecule has 2 aromatic rings. The van der Waals surface area contributed by atoms with Crippen LogP contribution < -0.4 is 10.2 Å². The summed E-state index contributed by atoms with van der Waals surface area (Å²) in [5.74, 6) is 1.21. The summed E-state index contributed by atoms with van der Waals surface area (Å²) >= 11 is 0. The molecular weight excluding hydrogens is 323 g/mol. The van der Waals surface area contributed by atoms with Crippen LogP contribution in [0, 0.1) is 13.8 Å². The number of anilines is 1. The minimum Gasteiger partial charge on any atom is -0.466 e. The third-order valence-corrected chi connectivity index (χ3v) is 3.90. The molecule has 1 fully saturated rings. The maximum Gasteiger partial charge on any atom is 0.416 e. The summed E-state index contributed by atoms with van der Waals surface area (Å²) in [4.78, 5) is 17.8. The van der Waals surface area contributed by atoms with Crippen LogP contribution in [0.5, 0.6) is 0 Å². The molecular formula is C16H16F3N3O2. The van der Waals surface area contributed by atoms with Crippen LogP contribution in [-0.4, -0.2) is 30.0 Å². The number of alkyl halides is 3. The Morgan fingerprint density at radius 1 is 1.33 bits per heavy atom. The first kappa shape index (κ1) is 16.4. The lowest BCUT2D eigenvalue weighted by Gasteiger charge is -2.40. The van der Waals surface area contributed by atoms with Crippen LogP contribution >= 0.6 is 0 Å². The standard InChI is InChI=1S/C16H16F3N3O2/c1-9-5-13(10(2)24-9)15(23)21-12-7-22(8-12)14-6-11(3-4-20-14)16(17,18)19/h3-6,12H,7-8H2,1-2H3,(H,21,23). The fraction of sp³-hybridized carbons (Fsp3) is 0.375. The second-order valence-corrected chi connectivity index (χ2v) is 5.80. The number of aryl methyl sites for hydroxylation is 2. The largest absolute Gasteiger partial charge is 0.466 e. The van der Waals surface area contributed by atoms with Crippen molar-refractivity contribution in [2.45, 2.75) is 26.1 Å². The monoisotopic (exact) mass is 339 g/mol. The van der Waals surface area contributed by atoms with E-state index in [1.165, 1.54) is 0 Å². The molecule has 5 nitrogen and oxygen atoms in total. The van der Waals surface area contributed by atoms with E-state index >= 15 is 0 Å². The van der Waals surface area contributed by atoms with E-state index in [4.69, 9.17) is 4.42 Å². The molecule has 1 aliphatic rings. The van der Waals surface area contributed by atoms with Gasteiger partial charge in [0.05, 0.1) is 17.2 Å². The van der Waals surface area contributed by atoms with Gasteiger partial charge in [-0.05, 0) is 32.0 Å². The number of amides is 1. The molecule has 3 heterocycles. The number of halogens is 3. The molecule has 0 atom stereocenters. The van der Waals surface area contributed by atoms with Crippen LogP contribution in [0.25, 0.3) is 0 Å². The van der Waals surface area contributed by atoms with Gasteiger partial charge in [0.15, 0.2) is 0 Å². The van der Waals surface area contributed by atoms with Crippen molar-refractivity contribution in [1.82, 2.24) is 10.3 Å². The number of carbonyl (C=O) groups is 1. The van der Waals surface area contributed by atoms with Gasteiger partial charge in [0, 0.05) is 19.3 Å². The predicted octanol–water partition coefficient (Wildman–Crippen LogP) is 2.93. The number of rotatable bonds is 3. The van der Waals surface area contributed by atoms with Gasteiger partial charge < -0.3 is 14.6 Å². The molecule has 8 heteroatoms. The van der Waals surface area contributed by atoms with E-state index in [0.29, 0.717) is 30.2 Å². The number of hydrogen-bond acceptors (Lipinski definition) is 4. The third-order valence-electron chi connectivity index (χ3n) is 3.90. The van der Waals surface area contributed by atoms with Crippen LogP contribution in [0.4, 0.5) is 19.0 Å². The summed E-state index contributed by atoms with van der Waals surface area (Å²) in [7, 11) is 0. The van der Waals surface area contributed by atoms with Crippen LogP contribution in [0.15, 0.2) is 28.8 Å². The Bertz CT molecular complexity index is 764. The number of furan rings is 1. The summed E-state index contributed by atoms with van der Waals surface area (Å²) in [5, 5.41) is 2.84. The predicted molar refractivity (Wildman–Crippen MR) is 80.9 cm³/mol. The molecule has 0 unspecified atom stereocenters. The zero-order chi connectivity index (χ0) is 17.5. The smallest absolute Gasteiger partial charge is 0.416 e. The zero-order valence-corrected chi connectivity index (χ0v) is 13.1. The first-order chi connectivity index (χ1) is 11.2. The lowest BCUT2D eigenvalue weighted by molar-refractivity contribution is -0.137. The summed E-state index contributed by atoms with van der Waals surface area (Å²) in [6.45, 7) is 4.29. The molecule has 1 aliphatic heterocycles. The number of carbonyl (C=O) groups excluding carboxylic acids is 1. The summed E-state index contributed by atoms with van der Waals surface area (Å²) in [6, 6.07) is 3.48. The summed E-state index contributed by atoms with van der Waals surface area (Å²) in [5.41, 5.74) is -0.257. The molecule has 24 heavy (non-hydrogen) atoms. The number of nitrogens with zero attached hydrogens (tertiary/aromatic N) is 2. The topological polar surface area (TPSA) is 58.4 Å². The van der Waals surface area contributed by atoms with E-state index in [1.54, 1.807) is 24.8 Å². The first-order valence-corrected chi connectivity index (χ1v) is 7.40. The lowest BCUT2D eigenvalue weighted by Crippen LogP contribution is -2.59. The van der Waals surface area contributed by atoms with Crippen molar-refractivity contribution in [3.63, 3.8) is 0 Å². The molecule has 1 N–H and O–H groups in total. The van der Waals surface area contributed by atoms with E-state index in [9.17, 15) is 18.0 Å². The number of hydrogen-bond donors (Lipinski definition) is 1. The highest BCUT2D eigenvalue weighted by Crippen LogP contribution is 2.31. The van der Waals surface area contributed by atoms with Gasteiger partial charge in [-0.3, -0.25) is 4.79 Å². The molecule has 0 saturated carbocycles. The Balaban J connectivity index is 1.60. The lowest BCUT2D eigenvalue weighted by atomic mass is 10.1. The molecule has 0 aromatic carbocycles. The number of nitrogens with one attached hydrogen (secondary N) is 1. The fourth-order valence-corrected chi connectivity index (χ4v) is 2.64. The van der Waals surface area contributed by atoms with Crippen molar-refractivity contribution in [2.75, 3.05) is 18.0 Å². The second kappa shape index (κ2) is 5.85. The molecule has 2 aromatic heterocycles. The van der Waals surface area contributed by atoms with Gasteiger partial charge in [-0.1, -0.05) is 0 Å². The van der Waals surface area contributed by atoms with Gasteiger partial charge in [0.2, 0.25) is 0 Å². The van der Waals surface area contributed by atoms with Crippen molar-refractivity contribution >= 4 is 11.7 Å². The zero-order valence-electron chi connectivity index (χ0n) is 13.1. The average molecular weight is 339 g/mol. The quantitative estimate of drug-likeness (QED) is 0.934. The highest BCUT2D eigenvalue weighted by molar-refractivity contribution is 5.95. The number of aromatic nitrogens is 1. The first-order valence-electron chi connectivity index (χ1n) is 7.40. The fourth-order valence-electron chi connectivity index (χ4n) is 2.64. The summed E-state index contributed by atoms with van der Waals surface area (Å²) < 4.78 is 43.5. The normalized spacial score (nSPS) is 15.3. The Kier molecular flexibility index (Phi) is 3.98. The summed E-state index contributed by atoms with van der Waals surface area (Å²) in [6.07, 6.45) is -3.26. The van der Waals surface area contributed by atoms with E-state index in [0.717, 1.165) is 18.3 Å². The Labute approximate surface area is 136 Å². The molecule has 1 amide bonds. The van der Waals surface area contributed by atoms with E-state index < -0.39 is 11.7 Å². The van der Waals surface area contributed by atoms with Gasteiger partial charge >= 0.3 is 6.18 Å². The van der Waals surface area contributed by atoms with Gasteiger partial charge in [0.1, 0.15) is 17.3 Å². The van der Waals surface area contributed by atoms with Crippen LogP contribution in [-0.2, 0) is 6.18 Å². The molecule has 1 saturated heterocycles. The maximum absolute atomic E-state index is 12.7. The van der Waals surface area contributed by atoms with Gasteiger partial charge in [-0.15, -0.1) is 0 Å². The molecule has 0 bridgehead atoms. The molecule has 0 radical (unpaired) electrons. The molecule has 3 rings (SSSR count). The van der Waals surface area contributed by atoms with Crippen LogP contribution in [0.3, 0.4) is 0 Å². The van der Waals surface area contributed by atoms with E-state index in [-0.39, 0.29) is 17.8 Å². The Morgan fingerprint density at radius 3 is 2.62 bits per heavy atom. The van der Waals surface area contributed by atoms with Gasteiger partial charge in [0.25, 0.3) is 5.91 Å². The minimum atomic E-state index is -4.40. The average Bonchev–Trinajstić information content (AvgIpc) is 2.80. The maximum atomic E-state index is 12.7. The molecule has 128 valence electrons. The molecule has 0 spiro atoms. The SMILES string of the molecule is Cc1cc(C(=O)NC2CN(c3cc(C(F)(F)F)ccn3)C2)c(C)o1. The van der Waals surface area contributed by atoms with Crippen LogP contribution in [0.1, 0.15) is 27.4 Å². The minimum absolute atomic E-state index is 0.136. The van der Waals surface area contributed by atoms with Crippen molar-refractivity contribution in [1.29, 1.82) is 0 Å². The van der Waals surface area contributed by atoms with Crippen LogP contribution in [0.2, 0.25) is 0 Å². The Hall–Kier alpha value is -2.51. The highest BCUT2D eigenvalue weighted by atomic mass is 19.4. The number of pyridine rings is 1. The van der Waals surface area contributed by atoms with Gasteiger partial charge in [-0.2, -0.15) is 13.2 Å². The van der Waals surface area contributed by atoms with Crippen molar-refractivity contribution in [3.8, 4) is 0 Å². The van der Waals surface area contributed by atoms with Gasteiger partial charge in [-0.25, -0.2) is 4.98 Å². The van der Waals surface area contributed by atoms with E-state index in [1.807, 2.05) is 0 Å². The second-order valence-electron chi connectivity index (χ2n) is 5.80. The Morgan fingerprint density at radius 2 is 2.04 bits per heavy atom. The third kappa shape index (κ3) is 3.22. The molecule has 0 aliphatic carbocycles.